The van der Waals surface area contributed by atoms with Crippen LogP contribution in [0.3, 0.4) is 0 Å². The predicted molar refractivity (Wildman–Crippen MR) is 91.3 cm³/mol. The van der Waals surface area contributed by atoms with Crippen molar-refractivity contribution in [1.29, 1.82) is 5.26 Å². The highest BCUT2D eigenvalue weighted by molar-refractivity contribution is 5.77. The monoisotopic (exact) mass is 305 g/mol. The molecule has 1 unspecified atom stereocenters. The summed E-state index contributed by atoms with van der Waals surface area (Å²) in [6, 6.07) is 15.8. The van der Waals surface area contributed by atoms with Crippen molar-refractivity contribution in [2.45, 2.75) is 32.7 Å². The molecule has 2 aromatic carbocycles. The zero-order valence-electron chi connectivity index (χ0n) is 13.5. The van der Waals surface area contributed by atoms with E-state index in [4.69, 9.17) is 9.68 Å². The second-order valence-electron chi connectivity index (χ2n) is 5.99. The molecule has 4 nitrogen and oxygen atoms in total. The third-order valence-corrected chi connectivity index (χ3v) is 3.82. The molecule has 116 valence electrons. The van der Waals surface area contributed by atoms with Gasteiger partial charge in [0.05, 0.1) is 11.6 Å². The third-order valence-electron chi connectivity index (χ3n) is 3.82. The van der Waals surface area contributed by atoms with Gasteiger partial charge in [-0.3, -0.25) is 0 Å². The lowest BCUT2D eigenvalue weighted by Crippen LogP contribution is -2.06. The number of rotatable bonds is 4. The van der Waals surface area contributed by atoms with E-state index < -0.39 is 0 Å². The first-order chi connectivity index (χ1) is 11.1. The quantitative estimate of drug-likeness (QED) is 0.737. The van der Waals surface area contributed by atoms with E-state index in [0.29, 0.717) is 5.56 Å². The van der Waals surface area contributed by atoms with Crippen molar-refractivity contribution in [3.63, 3.8) is 0 Å². The maximum atomic E-state index is 8.86. The SMILES string of the molecule is CC(C)c1nc2cc(NC(C)c3ccc(C#N)cc3)ccc2o1. The Kier molecular flexibility index (Phi) is 4.03. The Balaban J connectivity index is 1.81. The molecule has 1 heterocycles. The highest BCUT2D eigenvalue weighted by atomic mass is 16.3. The summed E-state index contributed by atoms with van der Waals surface area (Å²) in [6.07, 6.45) is 0. The van der Waals surface area contributed by atoms with E-state index in [1.54, 1.807) is 0 Å². The van der Waals surface area contributed by atoms with Gasteiger partial charge in [-0.2, -0.15) is 5.26 Å². The fourth-order valence-corrected chi connectivity index (χ4v) is 2.46. The number of anilines is 1. The van der Waals surface area contributed by atoms with Crippen LogP contribution in [0.25, 0.3) is 11.1 Å². The van der Waals surface area contributed by atoms with Crippen molar-refractivity contribution in [2.75, 3.05) is 5.32 Å². The van der Waals surface area contributed by atoms with Crippen LogP contribution < -0.4 is 5.32 Å². The molecule has 0 aliphatic carbocycles. The van der Waals surface area contributed by atoms with E-state index in [0.717, 1.165) is 28.2 Å². The number of oxazole rings is 1. The molecule has 4 heteroatoms. The van der Waals surface area contributed by atoms with Crippen LogP contribution in [0.2, 0.25) is 0 Å². The normalized spacial score (nSPS) is 12.3. The lowest BCUT2D eigenvalue weighted by atomic mass is 10.1. The van der Waals surface area contributed by atoms with Crippen LogP contribution in [0.5, 0.6) is 0 Å². The number of hydrogen-bond acceptors (Lipinski definition) is 4. The molecule has 0 saturated carbocycles. The van der Waals surface area contributed by atoms with E-state index in [1.807, 2.05) is 42.5 Å². The van der Waals surface area contributed by atoms with Crippen LogP contribution in [-0.4, -0.2) is 4.98 Å². The Morgan fingerprint density at radius 2 is 1.83 bits per heavy atom. The minimum absolute atomic E-state index is 0.136. The summed E-state index contributed by atoms with van der Waals surface area (Å²) < 4.78 is 5.73. The fraction of sp³-hybridized carbons (Fsp3) is 0.263. The van der Waals surface area contributed by atoms with Gasteiger partial charge in [-0.05, 0) is 42.8 Å². The van der Waals surface area contributed by atoms with Crippen LogP contribution >= 0.6 is 0 Å². The molecule has 3 rings (SSSR count). The number of benzene rings is 2. The second kappa shape index (κ2) is 6.13. The lowest BCUT2D eigenvalue weighted by molar-refractivity contribution is 0.501. The fourth-order valence-electron chi connectivity index (χ4n) is 2.46. The van der Waals surface area contributed by atoms with Crippen molar-refractivity contribution in [3.05, 3.63) is 59.5 Å². The van der Waals surface area contributed by atoms with Crippen LogP contribution in [-0.2, 0) is 0 Å². The summed E-state index contributed by atoms with van der Waals surface area (Å²) >= 11 is 0. The Bertz CT molecular complexity index is 856. The molecule has 1 atom stereocenters. The molecule has 1 aromatic heterocycles. The zero-order valence-corrected chi connectivity index (χ0v) is 13.5. The number of aromatic nitrogens is 1. The lowest BCUT2D eigenvalue weighted by Gasteiger charge is -2.15. The van der Waals surface area contributed by atoms with Crippen molar-refractivity contribution in [1.82, 2.24) is 4.98 Å². The minimum atomic E-state index is 0.136. The molecular formula is C19H19N3O. The van der Waals surface area contributed by atoms with Crippen molar-refractivity contribution in [2.24, 2.45) is 0 Å². The Morgan fingerprint density at radius 1 is 1.09 bits per heavy atom. The topological polar surface area (TPSA) is 61.9 Å². The highest BCUT2D eigenvalue weighted by Gasteiger charge is 2.11. The predicted octanol–water partition coefficient (Wildman–Crippen LogP) is 5.00. The van der Waals surface area contributed by atoms with Gasteiger partial charge in [0.25, 0.3) is 0 Å². The van der Waals surface area contributed by atoms with Gasteiger partial charge < -0.3 is 9.73 Å². The molecule has 0 amide bonds. The smallest absolute Gasteiger partial charge is 0.198 e. The molecule has 0 aliphatic heterocycles. The maximum Gasteiger partial charge on any atom is 0.198 e. The van der Waals surface area contributed by atoms with Crippen LogP contribution in [0.4, 0.5) is 5.69 Å². The third kappa shape index (κ3) is 3.19. The minimum Gasteiger partial charge on any atom is -0.440 e. The standard InChI is InChI=1S/C19H19N3O/c1-12(2)19-22-17-10-16(8-9-18(17)23-19)21-13(3)15-6-4-14(11-20)5-7-15/h4-10,12-13,21H,1-3H3. The van der Waals surface area contributed by atoms with Crippen LogP contribution in [0, 0.1) is 11.3 Å². The highest BCUT2D eigenvalue weighted by Crippen LogP contribution is 2.26. The number of nitriles is 1. The Morgan fingerprint density at radius 3 is 2.48 bits per heavy atom. The van der Waals surface area contributed by atoms with Crippen LogP contribution in [0.1, 0.15) is 49.7 Å². The summed E-state index contributed by atoms with van der Waals surface area (Å²) in [5, 5.41) is 12.3. The number of nitrogens with one attached hydrogen (secondary N) is 1. The average Bonchev–Trinajstić information content (AvgIpc) is 2.98. The van der Waals surface area contributed by atoms with Gasteiger partial charge in [0, 0.05) is 17.6 Å². The van der Waals surface area contributed by atoms with E-state index in [1.165, 1.54) is 0 Å². The van der Waals surface area contributed by atoms with Crippen molar-refractivity contribution >= 4 is 16.8 Å². The number of hydrogen-bond donors (Lipinski definition) is 1. The molecule has 0 spiro atoms. The summed E-state index contributed by atoms with van der Waals surface area (Å²) in [6.45, 7) is 6.22. The Hall–Kier alpha value is -2.80. The summed E-state index contributed by atoms with van der Waals surface area (Å²) in [5.41, 5.74) is 4.48. The molecule has 0 radical (unpaired) electrons. The molecule has 0 aliphatic rings. The summed E-state index contributed by atoms with van der Waals surface area (Å²) in [4.78, 5) is 4.53. The number of nitrogens with zero attached hydrogens (tertiary/aromatic N) is 2. The maximum absolute atomic E-state index is 8.86. The molecule has 0 fully saturated rings. The molecule has 3 aromatic rings. The largest absolute Gasteiger partial charge is 0.440 e. The van der Waals surface area contributed by atoms with Gasteiger partial charge in [-0.15, -0.1) is 0 Å². The molecule has 0 saturated heterocycles. The van der Waals surface area contributed by atoms with Crippen LogP contribution in [0.15, 0.2) is 46.9 Å². The van der Waals surface area contributed by atoms with Gasteiger partial charge in [-0.25, -0.2) is 4.98 Å². The van der Waals surface area contributed by atoms with Gasteiger partial charge in [0.2, 0.25) is 0 Å². The van der Waals surface area contributed by atoms with E-state index in [2.05, 4.69) is 37.1 Å². The Labute approximate surface area is 135 Å². The molecule has 23 heavy (non-hydrogen) atoms. The first-order valence-corrected chi connectivity index (χ1v) is 7.74. The summed E-state index contributed by atoms with van der Waals surface area (Å²) in [5.74, 6) is 1.04. The van der Waals surface area contributed by atoms with Crippen molar-refractivity contribution < 1.29 is 4.42 Å². The van der Waals surface area contributed by atoms with E-state index in [9.17, 15) is 0 Å². The summed E-state index contributed by atoms with van der Waals surface area (Å²) in [7, 11) is 0. The molecule has 1 N–H and O–H groups in total. The molecule has 0 bridgehead atoms. The van der Waals surface area contributed by atoms with Crippen molar-refractivity contribution in [3.8, 4) is 6.07 Å². The van der Waals surface area contributed by atoms with Gasteiger partial charge in [0.1, 0.15) is 5.52 Å². The zero-order chi connectivity index (χ0) is 16.4. The second-order valence-corrected chi connectivity index (χ2v) is 5.99. The first-order valence-electron chi connectivity index (χ1n) is 7.74. The number of fused-ring (bicyclic) bond motifs is 1. The van der Waals surface area contributed by atoms with E-state index >= 15 is 0 Å². The van der Waals surface area contributed by atoms with Gasteiger partial charge in [0.15, 0.2) is 11.5 Å². The molecular weight excluding hydrogens is 286 g/mol. The first kappa shape index (κ1) is 15.1. The van der Waals surface area contributed by atoms with E-state index in [-0.39, 0.29) is 12.0 Å². The van der Waals surface area contributed by atoms with Gasteiger partial charge >= 0.3 is 0 Å². The van der Waals surface area contributed by atoms with Gasteiger partial charge in [-0.1, -0.05) is 26.0 Å². The average molecular weight is 305 g/mol.